The van der Waals surface area contributed by atoms with Crippen molar-refractivity contribution in [1.82, 2.24) is 4.31 Å². The van der Waals surface area contributed by atoms with E-state index >= 15 is 0 Å². The van der Waals surface area contributed by atoms with E-state index in [2.05, 4.69) is 6.92 Å². The minimum Gasteiger partial charge on any atom is -0.391 e. The molecule has 2 unspecified atom stereocenters. The van der Waals surface area contributed by atoms with Crippen molar-refractivity contribution in [3.8, 4) is 0 Å². The van der Waals surface area contributed by atoms with Crippen LogP contribution in [0.2, 0.25) is 0 Å². The Balaban J connectivity index is 2.30. The molecule has 1 N–H and O–H groups in total. The lowest BCUT2D eigenvalue weighted by molar-refractivity contribution is 0.178. The molecular formula is C16H26N2O3S. The Hall–Kier alpha value is -1.11. The van der Waals surface area contributed by atoms with Crippen molar-refractivity contribution in [3.63, 3.8) is 0 Å². The zero-order chi connectivity index (χ0) is 16.2. The van der Waals surface area contributed by atoms with Crippen LogP contribution in [0.3, 0.4) is 0 Å². The van der Waals surface area contributed by atoms with Gasteiger partial charge in [0.25, 0.3) is 0 Å². The largest absolute Gasteiger partial charge is 0.391 e. The molecule has 124 valence electrons. The van der Waals surface area contributed by atoms with Crippen molar-refractivity contribution in [2.45, 2.75) is 39.2 Å². The number of piperidine rings is 1. The van der Waals surface area contributed by atoms with E-state index in [1.165, 1.54) is 4.31 Å². The second kappa shape index (κ2) is 7.44. The summed E-state index contributed by atoms with van der Waals surface area (Å²) in [7, 11) is -3.61. The van der Waals surface area contributed by atoms with Gasteiger partial charge in [-0.25, -0.2) is 0 Å². The highest BCUT2D eigenvalue weighted by atomic mass is 32.2. The molecule has 2 rings (SSSR count). The van der Waals surface area contributed by atoms with Gasteiger partial charge in [-0.2, -0.15) is 12.7 Å². The molecule has 0 bridgehead atoms. The maximum absolute atomic E-state index is 13.0. The second-order valence-electron chi connectivity index (χ2n) is 6.04. The molecule has 1 fully saturated rings. The van der Waals surface area contributed by atoms with Crippen LogP contribution >= 0.6 is 0 Å². The van der Waals surface area contributed by atoms with Crippen LogP contribution < -0.4 is 4.31 Å². The summed E-state index contributed by atoms with van der Waals surface area (Å²) in [5, 5.41) is 9.98. The smallest absolute Gasteiger partial charge is 0.304 e. The highest BCUT2D eigenvalue weighted by Gasteiger charge is 2.33. The van der Waals surface area contributed by atoms with Gasteiger partial charge in [-0.1, -0.05) is 32.0 Å². The van der Waals surface area contributed by atoms with E-state index in [1.54, 1.807) is 16.4 Å². The summed E-state index contributed by atoms with van der Waals surface area (Å²) < 4.78 is 28.9. The predicted octanol–water partition coefficient (Wildman–Crippen LogP) is 2.24. The molecule has 1 aromatic carbocycles. The third kappa shape index (κ3) is 4.00. The van der Waals surface area contributed by atoms with Crippen LogP contribution in [-0.2, 0) is 10.2 Å². The van der Waals surface area contributed by atoms with Crippen LogP contribution in [-0.4, -0.2) is 43.6 Å². The van der Waals surface area contributed by atoms with Gasteiger partial charge in [-0.3, -0.25) is 4.31 Å². The van der Waals surface area contributed by atoms with Crippen molar-refractivity contribution >= 4 is 15.9 Å². The zero-order valence-corrected chi connectivity index (χ0v) is 14.2. The van der Waals surface area contributed by atoms with Crippen LogP contribution in [0.5, 0.6) is 0 Å². The van der Waals surface area contributed by atoms with Crippen molar-refractivity contribution in [3.05, 3.63) is 30.3 Å². The standard InChI is InChI=1S/C16H26N2O3S/c1-3-16(19)13-18(15-9-5-4-6-10-15)22(20,21)17-11-7-8-14(2)12-17/h4-6,9-10,14,16,19H,3,7-8,11-13H2,1-2H3. The lowest BCUT2D eigenvalue weighted by Gasteiger charge is -2.36. The van der Waals surface area contributed by atoms with E-state index < -0.39 is 16.3 Å². The number of hydrogen-bond acceptors (Lipinski definition) is 3. The summed E-state index contributed by atoms with van der Waals surface area (Å²) in [6.45, 7) is 5.12. The quantitative estimate of drug-likeness (QED) is 0.872. The molecule has 1 aliphatic rings. The number of para-hydroxylation sites is 1. The molecule has 1 heterocycles. The molecule has 0 amide bonds. The SMILES string of the molecule is CCC(O)CN(c1ccccc1)S(=O)(=O)N1CCCC(C)C1. The molecule has 0 radical (unpaired) electrons. The first-order valence-corrected chi connectivity index (χ1v) is 9.35. The van der Waals surface area contributed by atoms with Crippen LogP contribution in [0.1, 0.15) is 33.1 Å². The highest BCUT2D eigenvalue weighted by molar-refractivity contribution is 7.90. The Kier molecular flexibility index (Phi) is 5.83. The summed E-state index contributed by atoms with van der Waals surface area (Å²) in [4.78, 5) is 0. The molecule has 0 saturated carbocycles. The lowest BCUT2D eigenvalue weighted by Crippen LogP contribution is -2.49. The van der Waals surface area contributed by atoms with Gasteiger partial charge in [0.2, 0.25) is 0 Å². The molecule has 2 atom stereocenters. The number of hydrogen-bond donors (Lipinski definition) is 1. The summed E-state index contributed by atoms with van der Waals surface area (Å²) in [6.07, 6.45) is 1.81. The van der Waals surface area contributed by atoms with Gasteiger partial charge in [-0.05, 0) is 37.3 Å². The Morgan fingerprint density at radius 1 is 1.36 bits per heavy atom. The van der Waals surface area contributed by atoms with Crippen LogP contribution in [0.15, 0.2) is 30.3 Å². The minimum absolute atomic E-state index is 0.0910. The Labute approximate surface area is 133 Å². The van der Waals surface area contributed by atoms with E-state index in [0.29, 0.717) is 31.1 Å². The van der Waals surface area contributed by atoms with E-state index in [1.807, 2.05) is 25.1 Å². The fourth-order valence-electron chi connectivity index (χ4n) is 2.74. The fourth-order valence-corrected chi connectivity index (χ4v) is 4.57. The first kappa shape index (κ1) is 17.2. The van der Waals surface area contributed by atoms with Crippen molar-refractivity contribution in [2.75, 3.05) is 23.9 Å². The summed E-state index contributed by atoms with van der Waals surface area (Å²) in [5.41, 5.74) is 0.605. The number of anilines is 1. The van der Waals surface area contributed by atoms with E-state index in [4.69, 9.17) is 0 Å². The van der Waals surface area contributed by atoms with Gasteiger partial charge < -0.3 is 5.11 Å². The highest BCUT2D eigenvalue weighted by Crippen LogP contribution is 2.25. The third-order valence-electron chi connectivity index (χ3n) is 4.12. The van der Waals surface area contributed by atoms with Gasteiger partial charge in [0, 0.05) is 13.1 Å². The van der Waals surface area contributed by atoms with E-state index in [9.17, 15) is 13.5 Å². The van der Waals surface area contributed by atoms with Crippen LogP contribution in [0, 0.1) is 5.92 Å². The fraction of sp³-hybridized carbons (Fsp3) is 0.625. The van der Waals surface area contributed by atoms with Gasteiger partial charge in [0.15, 0.2) is 0 Å². The zero-order valence-electron chi connectivity index (χ0n) is 13.4. The molecular weight excluding hydrogens is 300 g/mol. The molecule has 1 saturated heterocycles. The van der Waals surface area contributed by atoms with Crippen LogP contribution in [0.25, 0.3) is 0 Å². The molecule has 1 aliphatic heterocycles. The van der Waals surface area contributed by atoms with Gasteiger partial charge in [-0.15, -0.1) is 0 Å². The maximum atomic E-state index is 13.0. The molecule has 1 aromatic rings. The normalized spacial score (nSPS) is 21.5. The van der Waals surface area contributed by atoms with Crippen molar-refractivity contribution in [2.24, 2.45) is 5.92 Å². The number of aliphatic hydroxyl groups excluding tert-OH is 1. The summed E-state index contributed by atoms with van der Waals surface area (Å²) in [5.74, 6) is 0.372. The lowest BCUT2D eigenvalue weighted by atomic mass is 10.0. The number of benzene rings is 1. The Morgan fingerprint density at radius 3 is 2.64 bits per heavy atom. The molecule has 22 heavy (non-hydrogen) atoms. The Bertz CT molecular complexity index is 562. The molecule has 0 aromatic heterocycles. The van der Waals surface area contributed by atoms with Gasteiger partial charge >= 0.3 is 10.2 Å². The topological polar surface area (TPSA) is 60.9 Å². The summed E-state index contributed by atoms with van der Waals surface area (Å²) >= 11 is 0. The number of rotatable bonds is 6. The average molecular weight is 326 g/mol. The molecule has 6 heteroatoms. The number of aliphatic hydroxyl groups is 1. The first-order valence-electron chi connectivity index (χ1n) is 7.96. The molecule has 0 aliphatic carbocycles. The first-order chi connectivity index (χ1) is 10.4. The van der Waals surface area contributed by atoms with E-state index in [-0.39, 0.29) is 6.54 Å². The minimum atomic E-state index is -3.61. The number of nitrogens with zero attached hydrogens (tertiary/aromatic N) is 2. The third-order valence-corrected chi connectivity index (χ3v) is 6.02. The average Bonchev–Trinajstić information content (AvgIpc) is 2.53. The van der Waals surface area contributed by atoms with Crippen molar-refractivity contribution < 1.29 is 13.5 Å². The summed E-state index contributed by atoms with van der Waals surface area (Å²) in [6, 6.07) is 9.03. The van der Waals surface area contributed by atoms with Gasteiger partial charge in [0.05, 0.1) is 18.3 Å². The van der Waals surface area contributed by atoms with Crippen molar-refractivity contribution in [1.29, 1.82) is 0 Å². The predicted molar refractivity (Wildman–Crippen MR) is 89.0 cm³/mol. The monoisotopic (exact) mass is 326 g/mol. The second-order valence-corrected chi connectivity index (χ2v) is 7.89. The van der Waals surface area contributed by atoms with E-state index in [0.717, 1.165) is 12.8 Å². The molecule has 5 nitrogen and oxygen atoms in total. The molecule has 0 spiro atoms. The maximum Gasteiger partial charge on any atom is 0.304 e. The Morgan fingerprint density at radius 2 is 2.05 bits per heavy atom. The van der Waals surface area contributed by atoms with Crippen LogP contribution in [0.4, 0.5) is 5.69 Å². The van der Waals surface area contributed by atoms with Gasteiger partial charge in [0.1, 0.15) is 0 Å².